The van der Waals surface area contributed by atoms with Gasteiger partial charge in [-0.25, -0.2) is 0 Å². The van der Waals surface area contributed by atoms with Crippen LogP contribution in [0.15, 0.2) is 60.9 Å². The number of carbonyl (C=O) groups excluding carboxylic acids is 1. The van der Waals surface area contributed by atoms with E-state index in [4.69, 9.17) is 5.26 Å². The number of anilines is 1. The van der Waals surface area contributed by atoms with Crippen LogP contribution in [0.4, 0.5) is 5.69 Å². The minimum atomic E-state index is -0.295. The number of benzene rings is 1. The van der Waals surface area contributed by atoms with Crippen LogP contribution in [0.5, 0.6) is 0 Å². The summed E-state index contributed by atoms with van der Waals surface area (Å²) in [6.45, 7) is 0. The van der Waals surface area contributed by atoms with E-state index in [-0.39, 0.29) is 12.3 Å². The monoisotopic (exact) mass is 275 g/mol. The number of hydrogen-bond acceptors (Lipinski definition) is 2. The summed E-state index contributed by atoms with van der Waals surface area (Å²) in [7, 11) is 0. The first kappa shape index (κ1) is 12.9. The lowest BCUT2D eigenvalue weighted by atomic mass is 10.1. The highest BCUT2D eigenvalue weighted by atomic mass is 16.1. The number of carbonyl (C=O) groups is 1. The molecular weight excluding hydrogens is 262 g/mol. The maximum Gasteiger partial charge on any atom is 0.238 e. The van der Waals surface area contributed by atoms with Crippen LogP contribution in [0.1, 0.15) is 6.42 Å². The molecule has 0 spiro atoms. The molecule has 1 aromatic carbocycles. The van der Waals surface area contributed by atoms with Gasteiger partial charge >= 0.3 is 0 Å². The molecule has 0 atom stereocenters. The molecule has 0 aliphatic rings. The van der Waals surface area contributed by atoms with Gasteiger partial charge in [0, 0.05) is 29.2 Å². The van der Waals surface area contributed by atoms with E-state index in [1.165, 1.54) is 0 Å². The Bertz CT molecular complexity index is 809. The molecular formula is C17H13N3O. The maximum atomic E-state index is 11.5. The Kier molecular flexibility index (Phi) is 3.40. The Morgan fingerprint density at radius 3 is 2.86 bits per heavy atom. The average molecular weight is 275 g/mol. The highest BCUT2D eigenvalue weighted by Crippen LogP contribution is 2.25. The summed E-state index contributed by atoms with van der Waals surface area (Å²) in [5.74, 6) is -0.295. The lowest BCUT2D eigenvalue weighted by Gasteiger charge is -2.04. The van der Waals surface area contributed by atoms with Gasteiger partial charge in [-0.3, -0.25) is 4.79 Å². The van der Waals surface area contributed by atoms with Gasteiger partial charge in [-0.1, -0.05) is 18.2 Å². The standard InChI is InChI=1S/C17H13N3O/c18-8-7-17(21)19-15-5-3-4-13(10-15)14-11-16-6-1-2-9-20(16)12-14/h1-6,9-12H,7H2,(H,19,21). The minimum Gasteiger partial charge on any atom is -0.325 e. The molecule has 0 saturated carbocycles. The molecule has 1 N–H and O–H groups in total. The summed E-state index contributed by atoms with van der Waals surface area (Å²) in [6, 6.07) is 17.6. The molecule has 0 aliphatic carbocycles. The Labute approximate surface area is 122 Å². The van der Waals surface area contributed by atoms with Gasteiger partial charge in [0.15, 0.2) is 0 Å². The Balaban J connectivity index is 1.92. The van der Waals surface area contributed by atoms with Crippen LogP contribution >= 0.6 is 0 Å². The molecule has 4 heteroatoms. The fourth-order valence-corrected chi connectivity index (χ4v) is 2.27. The highest BCUT2D eigenvalue weighted by Gasteiger charge is 2.05. The molecule has 3 rings (SSSR count). The van der Waals surface area contributed by atoms with Crippen molar-refractivity contribution in [3.05, 3.63) is 60.9 Å². The van der Waals surface area contributed by atoms with Gasteiger partial charge in [0.25, 0.3) is 0 Å². The first-order valence-corrected chi connectivity index (χ1v) is 6.60. The Morgan fingerprint density at radius 1 is 1.14 bits per heavy atom. The molecule has 4 nitrogen and oxygen atoms in total. The summed E-state index contributed by atoms with van der Waals surface area (Å²) >= 11 is 0. The van der Waals surface area contributed by atoms with E-state index in [1.54, 1.807) is 0 Å². The first-order chi connectivity index (χ1) is 10.3. The van der Waals surface area contributed by atoms with Crippen molar-refractivity contribution in [3.63, 3.8) is 0 Å². The smallest absolute Gasteiger partial charge is 0.238 e. The topological polar surface area (TPSA) is 57.3 Å². The number of fused-ring (bicyclic) bond motifs is 1. The van der Waals surface area contributed by atoms with Gasteiger partial charge in [0.2, 0.25) is 5.91 Å². The molecule has 2 heterocycles. The van der Waals surface area contributed by atoms with Crippen molar-refractivity contribution in [2.24, 2.45) is 0 Å². The number of nitrogens with zero attached hydrogens (tertiary/aromatic N) is 2. The SMILES string of the molecule is N#CCC(=O)Nc1cccc(-c2cc3ccccn3c2)c1. The van der Waals surface area contributed by atoms with Crippen LogP contribution in [-0.2, 0) is 4.79 Å². The van der Waals surface area contributed by atoms with Crippen LogP contribution in [0.2, 0.25) is 0 Å². The number of amides is 1. The Morgan fingerprint density at radius 2 is 2.05 bits per heavy atom. The summed E-state index contributed by atoms with van der Waals surface area (Å²) in [6.07, 6.45) is 3.91. The van der Waals surface area contributed by atoms with Crippen LogP contribution < -0.4 is 5.32 Å². The van der Waals surface area contributed by atoms with Gasteiger partial charge in [-0.15, -0.1) is 0 Å². The van der Waals surface area contributed by atoms with Crippen molar-refractivity contribution >= 4 is 17.1 Å². The molecule has 0 aliphatic heterocycles. The van der Waals surface area contributed by atoms with E-state index < -0.39 is 0 Å². The largest absolute Gasteiger partial charge is 0.325 e. The average Bonchev–Trinajstić information content (AvgIpc) is 2.91. The van der Waals surface area contributed by atoms with E-state index in [2.05, 4.69) is 15.8 Å². The molecule has 0 unspecified atom stereocenters. The molecule has 2 aromatic heterocycles. The maximum absolute atomic E-state index is 11.5. The van der Waals surface area contributed by atoms with Crippen molar-refractivity contribution < 1.29 is 4.79 Å². The fraction of sp³-hybridized carbons (Fsp3) is 0.0588. The number of hydrogen-bond donors (Lipinski definition) is 1. The van der Waals surface area contributed by atoms with Gasteiger partial charge in [-0.2, -0.15) is 5.26 Å². The van der Waals surface area contributed by atoms with E-state index in [1.807, 2.05) is 60.9 Å². The van der Waals surface area contributed by atoms with Crippen LogP contribution in [0.3, 0.4) is 0 Å². The van der Waals surface area contributed by atoms with Crippen molar-refractivity contribution in [2.75, 3.05) is 5.32 Å². The quantitative estimate of drug-likeness (QED) is 0.795. The van der Waals surface area contributed by atoms with Gasteiger partial charge in [0.05, 0.1) is 6.07 Å². The molecule has 102 valence electrons. The third kappa shape index (κ3) is 2.77. The fourth-order valence-electron chi connectivity index (χ4n) is 2.27. The van der Waals surface area contributed by atoms with Crippen LogP contribution in [0.25, 0.3) is 16.6 Å². The number of nitrogens with one attached hydrogen (secondary N) is 1. The lowest BCUT2D eigenvalue weighted by Crippen LogP contribution is -2.09. The zero-order valence-electron chi connectivity index (χ0n) is 11.3. The summed E-state index contributed by atoms with van der Waals surface area (Å²) in [5, 5.41) is 11.2. The zero-order chi connectivity index (χ0) is 14.7. The summed E-state index contributed by atoms with van der Waals surface area (Å²) < 4.78 is 2.05. The molecule has 0 radical (unpaired) electrons. The molecule has 1 amide bonds. The minimum absolute atomic E-state index is 0.139. The normalized spacial score (nSPS) is 10.2. The molecule has 0 fully saturated rings. The second-order valence-electron chi connectivity index (χ2n) is 4.73. The van der Waals surface area contributed by atoms with E-state index >= 15 is 0 Å². The van der Waals surface area contributed by atoms with Crippen molar-refractivity contribution in [1.29, 1.82) is 5.26 Å². The van der Waals surface area contributed by atoms with Crippen LogP contribution in [0, 0.1) is 11.3 Å². The second-order valence-corrected chi connectivity index (χ2v) is 4.73. The van der Waals surface area contributed by atoms with Gasteiger partial charge in [-0.05, 0) is 35.9 Å². The Hall–Kier alpha value is -3.06. The van der Waals surface area contributed by atoms with Crippen molar-refractivity contribution in [3.8, 4) is 17.2 Å². The number of rotatable bonds is 3. The molecule has 21 heavy (non-hydrogen) atoms. The predicted molar refractivity (Wildman–Crippen MR) is 81.7 cm³/mol. The summed E-state index contributed by atoms with van der Waals surface area (Å²) in [5.41, 5.74) is 3.92. The number of pyridine rings is 1. The third-order valence-electron chi connectivity index (χ3n) is 3.22. The van der Waals surface area contributed by atoms with E-state index in [0.29, 0.717) is 5.69 Å². The molecule has 0 bridgehead atoms. The van der Waals surface area contributed by atoms with Gasteiger partial charge in [0.1, 0.15) is 6.42 Å². The third-order valence-corrected chi connectivity index (χ3v) is 3.22. The summed E-state index contributed by atoms with van der Waals surface area (Å²) in [4.78, 5) is 11.5. The van der Waals surface area contributed by atoms with Crippen LogP contribution in [-0.4, -0.2) is 10.3 Å². The second kappa shape index (κ2) is 5.51. The molecule has 3 aromatic rings. The lowest BCUT2D eigenvalue weighted by molar-refractivity contribution is -0.115. The molecule has 0 saturated heterocycles. The first-order valence-electron chi connectivity index (χ1n) is 6.60. The van der Waals surface area contributed by atoms with Crippen molar-refractivity contribution in [2.45, 2.75) is 6.42 Å². The number of aromatic nitrogens is 1. The van der Waals surface area contributed by atoms with E-state index in [9.17, 15) is 4.79 Å². The van der Waals surface area contributed by atoms with E-state index in [0.717, 1.165) is 16.6 Å². The van der Waals surface area contributed by atoms with Crippen molar-refractivity contribution in [1.82, 2.24) is 4.40 Å². The highest BCUT2D eigenvalue weighted by molar-refractivity contribution is 5.92. The predicted octanol–water partition coefficient (Wildman–Crippen LogP) is 3.46. The zero-order valence-corrected chi connectivity index (χ0v) is 11.3. The van der Waals surface area contributed by atoms with Gasteiger partial charge < -0.3 is 9.72 Å². The number of nitriles is 1.